The van der Waals surface area contributed by atoms with E-state index in [2.05, 4.69) is 23.5 Å². The molecule has 2 amide bonds. The summed E-state index contributed by atoms with van der Waals surface area (Å²) < 4.78 is 0. The highest BCUT2D eigenvalue weighted by atomic mass is 16.3. The van der Waals surface area contributed by atoms with Crippen molar-refractivity contribution in [2.75, 3.05) is 26.2 Å². The van der Waals surface area contributed by atoms with Crippen LogP contribution in [0.5, 0.6) is 0 Å². The molecule has 0 aliphatic carbocycles. The lowest BCUT2D eigenvalue weighted by Crippen LogP contribution is -2.42. The minimum absolute atomic E-state index is 0.00805. The molecule has 1 aromatic carbocycles. The highest BCUT2D eigenvalue weighted by Gasteiger charge is 2.17. The maximum atomic E-state index is 11.9. The van der Waals surface area contributed by atoms with E-state index in [1.807, 2.05) is 23.1 Å². The van der Waals surface area contributed by atoms with Crippen molar-refractivity contribution in [3.63, 3.8) is 0 Å². The molecule has 1 heterocycles. The van der Waals surface area contributed by atoms with Crippen molar-refractivity contribution in [3.05, 3.63) is 42.0 Å². The average molecular weight is 274 g/mol. The van der Waals surface area contributed by atoms with Crippen LogP contribution in [0.1, 0.15) is 24.8 Å². The number of amides is 2. The molecule has 0 saturated heterocycles. The summed E-state index contributed by atoms with van der Waals surface area (Å²) in [7, 11) is 0. The first-order valence-electron chi connectivity index (χ1n) is 7.19. The highest BCUT2D eigenvalue weighted by molar-refractivity contribution is 5.76. The molecule has 2 N–H and O–H groups in total. The number of hydrogen-bond donors (Lipinski definition) is 2. The summed E-state index contributed by atoms with van der Waals surface area (Å²) in [5.74, 6) is 0. The van der Waals surface area contributed by atoms with Gasteiger partial charge in [0.05, 0.1) is 0 Å². The van der Waals surface area contributed by atoms with Gasteiger partial charge in [-0.1, -0.05) is 36.4 Å². The maximum absolute atomic E-state index is 11.9. The molecule has 0 radical (unpaired) electrons. The van der Waals surface area contributed by atoms with Crippen LogP contribution in [0.25, 0.3) is 5.57 Å². The Kier molecular flexibility index (Phi) is 5.62. The van der Waals surface area contributed by atoms with Crippen LogP contribution in [-0.4, -0.2) is 42.3 Å². The lowest BCUT2D eigenvalue weighted by molar-refractivity contribution is 0.202. The number of nitrogens with one attached hydrogen (secondary N) is 1. The van der Waals surface area contributed by atoms with Crippen molar-refractivity contribution in [3.8, 4) is 0 Å². The number of carbonyl (C=O) groups is 1. The van der Waals surface area contributed by atoms with Crippen LogP contribution in [-0.2, 0) is 0 Å². The lowest BCUT2D eigenvalue weighted by Gasteiger charge is -2.26. The molecule has 4 heteroatoms. The first kappa shape index (κ1) is 14.6. The van der Waals surface area contributed by atoms with Gasteiger partial charge in [0.25, 0.3) is 0 Å². The van der Waals surface area contributed by atoms with Gasteiger partial charge in [-0.15, -0.1) is 0 Å². The van der Waals surface area contributed by atoms with E-state index in [1.54, 1.807) is 0 Å². The molecule has 0 atom stereocenters. The van der Waals surface area contributed by atoms with Crippen LogP contribution < -0.4 is 5.32 Å². The van der Waals surface area contributed by atoms with E-state index in [1.165, 1.54) is 11.1 Å². The molecule has 0 aromatic heterocycles. The van der Waals surface area contributed by atoms with Crippen molar-refractivity contribution >= 4 is 11.6 Å². The summed E-state index contributed by atoms with van der Waals surface area (Å²) in [6.07, 6.45) is 4.58. The third-order valence-corrected chi connectivity index (χ3v) is 3.50. The predicted octanol–water partition coefficient (Wildman–Crippen LogP) is 2.26. The Labute approximate surface area is 120 Å². The van der Waals surface area contributed by atoms with Crippen LogP contribution in [0.3, 0.4) is 0 Å². The normalized spacial score (nSPS) is 14.8. The van der Waals surface area contributed by atoms with Crippen molar-refractivity contribution in [2.24, 2.45) is 0 Å². The van der Waals surface area contributed by atoms with Gasteiger partial charge in [0, 0.05) is 26.2 Å². The Hall–Kier alpha value is -1.81. The summed E-state index contributed by atoms with van der Waals surface area (Å²) in [6.45, 7) is 2.23. The third kappa shape index (κ3) is 4.10. The Morgan fingerprint density at radius 2 is 2.05 bits per heavy atom. The number of aliphatic hydroxyl groups excluding tert-OH is 1. The largest absolute Gasteiger partial charge is 0.396 e. The van der Waals surface area contributed by atoms with E-state index in [0.29, 0.717) is 13.1 Å². The fraction of sp³-hybridized carbons (Fsp3) is 0.438. The molecule has 108 valence electrons. The molecule has 2 rings (SSSR count). The van der Waals surface area contributed by atoms with Crippen molar-refractivity contribution < 1.29 is 9.90 Å². The van der Waals surface area contributed by atoms with Gasteiger partial charge in [0.15, 0.2) is 0 Å². The van der Waals surface area contributed by atoms with Crippen molar-refractivity contribution in [1.29, 1.82) is 0 Å². The number of rotatable bonds is 5. The van der Waals surface area contributed by atoms with E-state index in [-0.39, 0.29) is 12.6 Å². The molecule has 0 bridgehead atoms. The Morgan fingerprint density at radius 3 is 2.70 bits per heavy atom. The fourth-order valence-corrected chi connectivity index (χ4v) is 2.31. The molecular formula is C16H22N2O2. The van der Waals surface area contributed by atoms with Crippen LogP contribution in [0.4, 0.5) is 4.79 Å². The number of benzene rings is 1. The van der Waals surface area contributed by atoms with E-state index in [0.717, 1.165) is 25.8 Å². The lowest BCUT2D eigenvalue weighted by atomic mass is 10.00. The highest BCUT2D eigenvalue weighted by Crippen LogP contribution is 2.21. The summed E-state index contributed by atoms with van der Waals surface area (Å²) in [5, 5.41) is 11.6. The Bertz CT molecular complexity index is 457. The summed E-state index contributed by atoms with van der Waals surface area (Å²) in [6, 6.07) is 10.3. The molecule has 4 nitrogen and oxygen atoms in total. The van der Waals surface area contributed by atoms with Crippen molar-refractivity contribution in [2.45, 2.75) is 19.3 Å². The second kappa shape index (κ2) is 7.70. The van der Waals surface area contributed by atoms with Gasteiger partial charge in [-0.05, 0) is 30.4 Å². The van der Waals surface area contributed by atoms with Crippen LogP contribution in [0, 0.1) is 0 Å². The van der Waals surface area contributed by atoms with Crippen LogP contribution >= 0.6 is 0 Å². The molecule has 0 unspecified atom stereocenters. The quantitative estimate of drug-likeness (QED) is 0.809. The number of aliphatic hydroxyl groups is 1. The van der Waals surface area contributed by atoms with E-state index in [4.69, 9.17) is 5.11 Å². The maximum Gasteiger partial charge on any atom is 0.317 e. The van der Waals surface area contributed by atoms with Gasteiger partial charge in [-0.3, -0.25) is 0 Å². The second-order valence-electron chi connectivity index (χ2n) is 4.95. The van der Waals surface area contributed by atoms with Gasteiger partial charge >= 0.3 is 6.03 Å². The number of urea groups is 1. The van der Waals surface area contributed by atoms with E-state index in [9.17, 15) is 4.79 Å². The number of hydrogen-bond acceptors (Lipinski definition) is 2. The Morgan fingerprint density at radius 1 is 1.25 bits per heavy atom. The van der Waals surface area contributed by atoms with Gasteiger partial charge in [0.1, 0.15) is 0 Å². The summed E-state index contributed by atoms with van der Waals surface area (Å²) in [5.41, 5.74) is 2.56. The summed E-state index contributed by atoms with van der Waals surface area (Å²) >= 11 is 0. The van der Waals surface area contributed by atoms with Crippen LogP contribution in [0.2, 0.25) is 0 Å². The zero-order valence-corrected chi connectivity index (χ0v) is 11.7. The second-order valence-corrected chi connectivity index (χ2v) is 4.95. The molecule has 1 aliphatic heterocycles. The smallest absolute Gasteiger partial charge is 0.317 e. The molecular weight excluding hydrogens is 252 g/mol. The molecule has 1 aliphatic rings. The zero-order valence-electron chi connectivity index (χ0n) is 11.7. The number of nitrogens with zero attached hydrogens (tertiary/aromatic N) is 1. The van der Waals surface area contributed by atoms with E-state index >= 15 is 0 Å². The monoisotopic (exact) mass is 274 g/mol. The topological polar surface area (TPSA) is 52.6 Å². The molecule has 1 aromatic rings. The summed E-state index contributed by atoms with van der Waals surface area (Å²) in [4.78, 5) is 13.8. The standard InChI is InChI=1S/C16H22N2O2/c19-13-5-4-10-17-16(20)18-11-8-15(9-12-18)14-6-2-1-3-7-14/h1-3,6-8,19H,4-5,9-13H2,(H,17,20). The van der Waals surface area contributed by atoms with Gasteiger partial charge in [-0.2, -0.15) is 0 Å². The SMILES string of the molecule is O=C(NCCCCO)N1CC=C(c2ccccc2)CC1. The predicted molar refractivity (Wildman–Crippen MR) is 80.3 cm³/mol. The van der Waals surface area contributed by atoms with Gasteiger partial charge in [0.2, 0.25) is 0 Å². The van der Waals surface area contributed by atoms with E-state index < -0.39 is 0 Å². The zero-order chi connectivity index (χ0) is 14.2. The molecule has 0 saturated carbocycles. The molecule has 0 spiro atoms. The first-order chi connectivity index (χ1) is 9.81. The molecule has 20 heavy (non-hydrogen) atoms. The number of carbonyl (C=O) groups excluding carboxylic acids is 1. The fourth-order valence-electron chi connectivity index (χ4n) is 2.31. The average Bonchev–Trinajstić information content (AvgIpc) is 2.52. The Balaban J connectivity index is 1.81. The first-order valence-corrected chi connectivity index (χ1v) is 7.19. The third-order valence-electron chi connectivity index (χ3n) is 3.50. The van der Waals surface area contributed by atoms with Gasteiger partial charge in [-0.25, -0.2) is 4.79 Å². The van der Waals surface area contributed by atoms with Gasteiger partial charge < -0.3 is 15.3 Å². The number of unbranched alkanes of at least 4 members (excludes halogenated alkanes) is 1. The minimum atomic E-state index is -0.00805. The minimum Gasteiger partial charge on any atom is -0.396 e. The van der Waals surface area contributed by atoms with Crippen molar-refractivity contribution in [1.82, 2.24) is 10.2 Å². The molecule has 0 fully saturated rings. The van der Waals surface area contributed by atoms with Crippen LogP contribution in [0.15, 0.2) is 36.4 Å².